The molecule has 0 saturated carbocycles. The summed E-state index contributed by atoms with van der Waals surface area (Å²) in [6.45, 7) is 4.61. The van der Waals surface area contributed by atoms with Crippen molar-refractivity contribution in [2.75, 3.05) is 6.61 Å². The zero-order valence-electron chi connectivity index (χ0n) is 13.4. The highest BCUT2D eigenvalue weighted by Crippen LogP contribution is 2.28. The number of para-hydroxylation sites is 1. The minimum absolute atomic E-state index is 0.400. The molecule has 0 amide bonds. The first-order chi connectivity index (χ1) is 11.1. The Bertz CT molecular complexity index is 655. The summed E-state index contributed by atoms with van der Waals surface area (Å²) in [6, 6.07) is 14.4. The molecule has 0 spiro atoms. The van der Waals surface area contributed by atoms with Gasteiger partial charge in [-0.25, -0.2) is 4.79 Å². The van der Waals surface area contributed by atoms with Crippen LogP contribution in [0.5, 0.6) is 5.75 Å². The molecule has 2 aromatic rings. The van der Waals surface area contributed by atoms with E-state index in [1.165, 1.54) is 0 Å². The molecule has 4 heteroatoms. The fourth-order valence-corrected chi connectivity index (χ4v) is 2.37. The maximum atomic E-state index is 12.2. The van der Waals surface area contributed by atoms with Gasteiger partial charge in [0.25, 0.3) is 0 Å². The third-order valence-corrected chi connectivity index (χ3v) is 3.69. The molecule has 0 aliphatic heterocycles. The molecule has 0 fully saturated rings. The molecule has 0 aliphatic carbocycles. The molecule has 0 aliphatic rings. The van der Waals surface area contributed by atoms with Crippen LogP contribution in [0.15, 0.2) is 48.5 Å². The van der Waals surface area contributed by atoms with Gasteiger partial charge in [-0.2, -0.15) is 0 Å². The summed E-state index contributed by atoms with van der Waals surface area (Å²) in [5.41, 5.74) is 1.30. The van der Waals surface area contributed by atoms with Gasteiger partial charge in [-0.3, -0.25) is 0 Å². The van der Waals surface area contributed by atoms with Gasteiger partial charge in [0.2, 0.25) is 0 Å². The Morgan fingerprint density at radius 3 is 2.70 bits per heavy atom. The summed E-state index contributed by atoms with van der Waals surface area (Å²) >= 11 is 5.91. The Morgan fingerprint density at radius 2 is 1.96 bits per heavy atom. The number of hydrogen-bond acceptors (Lipinski definition) is 3. The van der Waals surface area contributed by atoms with Gasteiger partial charge in [0.15, 0.2) is 0 Å². The van der Waals surface area contributed by atoms with E-state index in [-0.39, 0.29) is 0 Å². The lowest BCUT2D eigenvalue weighted by molar-refractivity contribution is 0.0332. The first-order valence-electron chi connectivity index (χ1n) is 7.80. The number of rotatable bonds is 7. The Balaban J connectivity index is 2.08. The van der Waals surface area contributed by atoms with Crippen molar-refractivity contribution < 1.29 is 14.3 Å². The van der Waals surface area contributed by atoms with Crippen molar-refractivity contribution in [2.24, 2.45) is 0 Å². The quantitative estimate of drug-likeness (QED) is 0.500. The Morgan fingerprint density at radius 1 is 1.17 bits per heavy atom. The number of halogens is 1. The van der Waals surface area contributed by atoms with Crippen molar-refractivity contribution in [2.45, 2.75) is 32.8 Å². The van der Waals surface area contributed by atoms with Gasteiger partial charge in [0.05, 0.1) is 12.2 Å². The highest BCUT2D eigenvalue weighted by Gasteiger charge is 2.17. The molecule has 3 nitrogen and oxygen atoms in total. The third-order valence-electron chi connectivity index (χ3n) is 3.46. The summed E-state index contributed by atoms with van der Waals surface area (Å²) < 4.78 is 11.3. The number of benzene rings is 2. The second kappa shape index (κ2) is 8.59. The van der Waals surface area contributed by atoms with Crippen molar-refractivity contribution in [3.8, 4) is 5.75 Å². The van der Waals surface area contributed by atoms with Crippen LogP contribution in [0.4, 0.5) is 0 Å². The summed E-state index contributed by atoms with van der Waals surface area (Å²) in [7, 11) is 0. The summed E-state index contributed by atoms with van der Waals surface area (Å²) in [6.07, 6.45) is 1.66. The molecule has 1 unspecified atom stereocenters. The van der Waals surface area contributed by atoms with Gasteiger partial charge in [0.1, 0.15) is 11.9 Å². The van der Waals surface area contributed by atoms with Crippen molar-refractivity contribution in [1.29, 1.82) is 0 Å². The first-order valence-corrected chi connectivity index (χ1v) is 8.18. The number of unbranched alkanes of at least 4 members (excludes halogenated alkanes) is 1. The molecule has 0 radical (unpaired) electrons. The Kier molecular flexibility index (Phi) is 6.48. The molecule has 0 heterocycles. The fraction of sp³-hybridized carbons (Fsp3) is 0.316. The van der Waals surface area contributed by atoms with Crippen LogP contribution in [0.25, 0.3) is 0 Å². The third kappa shape index (κ3) is 5.00. The lowest BCUT2D eigenvalue weighted by Gasteiger charge is -2.17. The van der Waals surface area contributed by atoms with Crippen LogP contribution in [0, 0.1) is 0 Å². The number of carbonyl (C=O) groups excluding carboxylic acids is 1. The van der Waals surface area contributed by atoms with Crippen LogP contribution < -0.4 is 4.74 Å². The fourth-order valence-electron chi connectivity index (χ4n) is 2.18. The number of esters is 1. The molecule has 0 bridgehead atoms. The van der Waals surface area contributed by atoms with Gasteiger partial charge < -0.3 is 9.47 Å². The topological polar surface area (TPSA) is 35.5 Å². The lowest BCUT2D eigenvalue weighted by Crippen LogP contribution is -2.11. The van der Waals surface area contributed by atoms with Crippen molar-refractivity contribution in [3.05, 3.63) is 64.7 Å². The van der Waals surface area contributed by atoms with E-state index in [2.05, 4.69) is 6.92 Å². The van der Waals surface area contributed by atoms with E-state index in [0.29, 0.717) is 17.2 Å². The zero-order valence-corrected chi connectivity index (χ0v) is 14.2. The second-order valence-corrected chi connectivity index (χ2v) is 5.73. The predicted octanol–water partition coefficient (Wildman–Crippen LogP) is 5.44. The predicted molar refractivity (Wildman–Crippen MR) is 92.1 cm³/mol. The first kappa shape index (κ1) is 17.4. The number of ether oxygens (including phenoxy) is 2. The molecule has 0 saturated heterocycles. The van der Waals surface area contributed by atoms with E-state index in [4.69, 9.17) is 21.1 Å². The monoisotopic (exact) mass is 332 g/mol. The van der Waals surface area contributed by atoms with Crippen LogP contribution in [0.2, 0.25) is 5.02 Å². The molecular formula is C19H21ClO3. The highest BCUT2D eigenvalue weighted by atomic mass is 35.5. The molecule has 0 N–H and O–H groups in total. The molecular weight excluding hydrogens is 312 g/mol. The van der Waals surface area contributed by atoms with Gasteiger partial charge in [-0.15, -0.1) is 0 Å². The minimum atomic E-state index is -0.403. The van der Waals surface area contributed by atoms with Gasteiger partial charge in [0, 0.05) is 10.6 Å². The summed E-state index contributed by atoms with van der Waals surface area (Å²) in [5, 5.41) is 0.510. The molecule has 2 rings (SSSR count). The van der Waals surface area contributed by atoms with Crippen molar-refractivity contribution in [1.82, 2.24) is 0 Å². The van der Waals surface area contributed by atoms with Crippen LogP contribution in [0.1, 0.15) is 48.7 Å². The zero-order chi connectivity index (χ0) is 16.7. The number of hydrogen-bond donors (Lipinski definition) is 0. The standard InChI is InChI=1S/C19H21ClO3/c1-3-4-12-22-18-11-6-5-10-17(18)14(2)23-19(21)15-8-7-9-16(20)13-15/h5-11,13-14H,3-4,12H2,1-2H3. The number of carbonyl (C=O) groups is 1. The van der Waals surface area contributed by atoms with Gasteiger partial charge in [-0.1, -0.05) is 49.2 Å². The van der Waals surface area contributed by atoms with Crippen molar-refractivity contribution >= 4 is 17.6 Å². The molecule has 1 atom stereocenters. The maximum absolute atomic E-state index is 12.2. The summed E-state index contributed by atoms with van der Waals surface area (Å²) in [4.78, 5) is 12.2. The lowest BCUT2D eigenvalue weighted by atomic mass is 10.1. The van der Waals surface area contributed by atoms with Crippen LogP contribution in [-0.4, -0.2) is 12.6 Å². The van der Waals surface area contributed by atoms with Crippen LogP contribution in [0.3, 0.4) is 0 Å². The average Bonchev–Trinajstić information content (AvgIpc) is 2.55. The average molecular weight is 333 g/mol. The van der Waals surface area contributed by atoms with E-state index in [1.54, 1.807) is 24.3 Å². The second-order valence-electron chi connectivity index (χ2n) is 5.30. The maximum Gasteiger partial charge on any atom is 0.338 e. The largest absolute Gasteiger partial charge is 0.493 e. The van der Waals surface area contributed by atoms with E-state index >= 15 is 0 Å². The van der Waals surface area contributed by atoms with E-state index in [9.17, 15) is 4.79 Å². The molecule has 23 heavy (non-hydrogen) atoms. The van der Waals surface area contributed by atoms with E-state index in [0.717, 1.165) is 24.2 Å². The van der Waals surface area contributed by atoms with Gasteiger partial charge in [-0.05, 0) is 37.6 Å². The smallest absolute Gasteiger partial charge is 0.338 e. The normalized spacial score (nSPS) is 11.8. The Hall–Kier alpha value is -2.00. The molecule has 0 aromatic heterocycles. The molecule has 2 aromatic carbocycles. The van der Waals surface area contributed by atoms with Crippen LogP contribution >= 0.6 is 11.6 Å². The summed E-state index contributed by atoms with van der Waals surface area (Å²) in [5.74, 6) is 0.357. The van der Waals surface area contributed by atoms with Crippen LogP contribution in [-0.2, 0) is 4.74 Å². The SMILES string of the molecule is CCCCOc1ccccc1C(C)OC(=O)c1cccc(Cl)c1. The van der Waals surface area contributed by atoms with Crippen molar-refractivity contribution in [3.63, 3.8) is 0 Å². The molecule has 122 valence electrons. The van der Waals surface area contributed by atoms with E-state index in [1.807, 2.05) is 31.2 Å². The highest BCUT2D eigenvalue weighted by molar-refractivity contribution is 6.30. The Labute approximate surface area is 142 Å². The van der Waals surface area contributed by atoms with E-state index < -0.39 is 12.1 Å². The van der Waals surface area contributed by atoms with Gasteiger partial charge >= 0.3 is 5.97 Å². The minimum Gasteiger partial charge on any atom is -0.493 e.